The van der Waals surface area contributed by atoms with E-state index in [1.165, 1.54) is 17.6 Å². The van der Waals surface area contributed by atoms with E-state index in [1.807, 2.05) is 0 Å². The average Bonchev–Trinajstić information content (AvgIpc) is 2.88. The molecule has 0 N–H and O–H groups in total. The monoisotopic (exact) mass is 282 g/mol. The molecule has 3 rings (SSSR count). The van der Waals surface area contributed by atoms with Crippen molar-refractivity contribution in [3.05, 3.63) is 59.3 Å². The van der Waals surface area contributed by atoms with Gasteiger partial charge in [0.15, 0.2) is 0 Å². The van der Waals surface area contributed by atoms with Gasteiger partial charge in [0.25, 0.3) is 0 Å². The number of ether oxygens (including phenoxy) is 1. The van der Waals surface area contributed by atoms with Gasteiger partial charge in [0.05, 0.1) is 13.2 Å². The van der Waals surface area contributed by atoms with E-state index in [2.05, 4.69) is 49.5 Å². The summed E-state index contributed by atoms with van der Waals surface area (Å²) < 4.78 is 5.53. The van der Waals surface area contributed by atoms with Crippen molar-refractivity contribution >= 4 is 0 Å². The van der Waals surface area contributed by atoms with E-state index in [0.717, 1.165) is 38.9 Å². The number of rotatable bonds is 3. The van der Waals surface area contributed by atoms with Gasteiger partial charge >= 0.3 is 0 Å². The summed E-state index contributed by atoms with van der Waals surface area (Å²) in [5.74, 6) is 1.24. The molecule has 2 atom stereocenters. The third-order valence-corrected chi connectivity index (χ3v) is 4.74. The molecule has 0 saturated carbocycles. The highest BCUT2D eigenvalue weighted by atomic mass is 16.5. The maximum atomic E-state index is 5.53. The van der Waals surface area contributed by atoms with Gasteiger partial charge in [-0.25, -0.2) is 0 Å². The van der Waals surface area contributed by atoms with Crippen LogP contribution in [-0.4, -0.2) is 13.2 Å². The summed E-state index contributed by atoms with van der Waals surface area (Å²) in [7, 11) is 0. The van der Waals surface area contributed by atoms with Crippen molar-refractivity contribution in [1.29, 1.82) is 0 Å². The molecule has 1 heteroatoms. The van der Waals surface area contributed by atoms with Gasteiger partial charge in [-0.1, -0.05) is 60.6 Å². The maximum absolute atomic E-state index is 5.53. The van der Waals surface area contributed by atoms with E-state index in [4.69, 9.17) is 4.74 Å². The molecule has 2 unspecified atom stereocenters. The first kappa shape index (κ1) is 14.6. The summed E-state index contributed by atoms with van der Waals surface area (Å²) in [6.07, 6.45) is 22.4. The van der Waals surface area contributed by atoms with E-state index in [-0.39, 0.29) is 0 Å². The first-order valence-corrected chi connectivity index (χ1v) is 8.37. The maximum Gasteiger partial charge on any atom is 0.0503 e. The van der Waals surface area contributed by atoms with Gasteiger partial charge < -0.3 is 4.74 Å². The summed E-state index contributed by atoms with van der Waals surface area (Å²) in [6.45, 7) is 4.02. The number of fused-ring (bicyclic) bond motifs is 1. The molecule has 0 spiro atoms. The molecule has 2 aliphatic carbocycles. The molecule has 1 aliphatic heterocycles. The van der Waals surface area contributed by atoms with Gasteiger partial charge in [-0.2, -0.15) is 0 Å². The van der Waals surface area contributed by atoms with E-state index in [9.17, 15) is 0 Å². The van der Waals surface area contributed by atoms with E-state index in [0.29, 0.717) is 11.8 Å². The minimum absolute atomic E-state index is 0.584. The molecule has 0 saturated heterocycles. The van der Waals surface area contributed by atoms with Crippen molar-refractivity contribution in [1.82, 2.24) is 0 Å². The van der Waals surface area contributed by atoms with E-state index >= 15 is 0 Å². The molecule has 0 aromatic heterocycles. The zero-order valence-electron chi connectivity index (χ0n) is 13.1. The largest absolute Gasteiger partial charge is 0.381 e. The van der Waals surface area contributed by atoms with Crippen LogP contribution in [0.2, 0.25) is 0 Å². The van der Waals surface area contributed by atoms with Crippen LogP contribution >= 0.6 is 0 Å². The third-order valence-electron chi connectivity index (χ3n) is 4.74. The Morgan fingerprint density at radius 3 is 2.81 bits per heavy atom. The molecule has 3 aliphatic rings. The molecule has 0 aromatic rings. The smallest absolute Gasteiger partial charge is 0.0503 e. The molecule has 21 heavy (non-hydrogen) atoms. The number of allylic oxidation sites excluding steroid dienone is 8. The Hall–Kier alpha value is -1.34. The Balaban J connectivity index is 1.68. The van der Waals surface area contributed by atoms with Crippen LogP contribution < -0.4 is 0 Å². The topological polar surface area (TPSA) is 9.23 Å². The summed E-state index contributed by atoms with van der Waals surface area (Å²) >= 11 is 0. The SMILES string of the molecule is CCC1=CC2CC=C(CC3=CCCOCC3)C=CC2C=C1. The first-order chi connectivity index (χ1) is 10.3. The molecule has 0 fully saturated rings. The van der Waals surface area contributed by atoms with Crippen molar-refractivity contribution in [3.63, 3.8) is 0 Å². The molecular formula is C20H26O. The predicted octanol–water partition coefficient (Wildman–Crippen LogP) is 5.14. The second-order valence-corrected chi connectivity index (χ2v) is 6.26. The normalized spacial score (nSPS) is 28.9. The Labute approximate surface area is 128 Å². The van der Waals surface area contributed by atoms with Crippen LogP contribution in [0.3, 0.4) is 0 Å². The zero-order valence-corrected chi connectivity index (χ0v) is 13.1. The van der Waals surface area contributed by atoms with Crippen LogP contribution in [-0.2, 0) is 4.74 Å². The zero-order chi connectivity index (χ0) is 14.5. The van der Waals surface area contributed by atoms with E-state index in [1.54, 1.807) is 5.57 Å². The number of hydrogen-bond donors (Lipinski definition) is 0. The standard InChI is InChI=1S/C20H26O/c1-2-16-5-8-19-9-6-18(7-10-20(19)15-16)14-17-4-3-12-21-13-11-17/h4-9,15,19-20H,2-3,10-14H2,1H3. The molecule has 0 amide bonds. The molecule has 0 aromatic carbocycles. The Kier molecular flexibility index (Phi) is 4.92. The predicted molar refractivity (Wildman–Crippen MR) is 89.1 cm³/mol. The quantitative estimate of drug-likeness (QED) is 0.651. The van der Waals surface area contributed by atoms with Gasteiger partial charge in [-0.15, -0.1) is 0 Å². The van der Waals surface area contributed by atoms with Gasteiger partial charge in [0.2, 0.25) is 0 Å². The Bertz CT molecular complexity index is 516. The Morgan fingerprint density at radius 2 is 1.95 bits per heavy atom. The average molecular weight is 282 g/mol. The summed E-state index contributed by atoms with van der Waals surface area (Å²) in [5.41, 5.74) is 4.52. The molecular weight excluding hydrogens is 256 g/mol. The fourth-order valence-corrected chi connectivity index (χ4v) is 3.38. The highest BCUT2D eigenvalue weighted by molar-refractivity contribution is 5.34. The highest BCUT2D eigenvalue weighted by Gasteiger charge is 2.19. The second kappa shape index (κ2) is 7.09. The second-order valence-electron chi connectivity index (χ2n) is 6.26. The van der Waals surface area contributed by atoms with Crippen LogP contribution in [0, 0.1) is 11.8 Å². The Morgan fingerprint density at radius 1 is 1.10 bits per heavy atom. The fourth-order valence-electron chi connectivity index (χ4n) is 3.38. The molecule has 1 nitrogen and oxygen atoms in total. The summed E-state index contributed by atoms with van der Waals surface area (Å²) in [6, 6.07) is 0. The molecule has 112 valence electrons. The number of hydrogen-bond acceptors (Lipinski definition) is 1. The molecule has 1 heterocycles. The van der Waals surface area contributed by atoms with Gasteiger partial charge in [-0.05, 0) is 43.6 Å². The van der Waals surface area contributed by atoms with Crippen LogP contribution in [0.4, 0.5) is 0 Å². The summed E-state index contributed by atoms with van der Waals surface area (Å²) in [5, 5.41) is 0. The molecule has 0 radical (unpaired) electrons. The lowest BCUT2D eigenvalue weighted by molar-refractivity contribution is 0.146. The lowest BCUT2D eigenvalue weighted by Crippen LogP contribution is -2.10. The van der Waals surface area contributed by atoms with Crippen molar-refractivity contribution in [2.75, 3.05) is 13.2 Å². The lowest BCUT2D eigenvalue weighted by Gasteiger charge is -2.21. The van der Waals surface area contributed by atoms with Crippen LogP contribution in [0.5, 0.6) is 0 Å². The van der Waals surface area contributed by atoms with Crippen LogP contribution in [0.15, 0.2) is 59.3 Å². The van der Waals surface area contributed by atoms with Crippen molar-refractivity contribution < 1.29 is 4.74 Å². The van der Waals surface area contributed by atoms with E-state index < -0.39 is 0 Å². The first-order valence-electron chi connectivity index (χ1n) is 8.37. The third kappa shape index (κ3) is 3.85. The van der Waals surface area contributed by atoms with Crippen molar-refractivity contribution in [2.24, 2.45) is 11.8 Å². The van der Waals surface area contributed by atoms with Gasteiger partial charge in [0, 0.05) is 5.92 Å². The van der Waals surface area contributed by atoms with Gasteiger partial charge in [0.1, 0.15) is 0 Å². The molecule has 0 bridgehead atoms. The highest BCUT2D eigenvalue weighted by Crippen LogP contribution is 2.32. The van der Waals surface area contributed by atoms with Crippen LogP contribution in [0.1, 0.15) is 39.0 Å². The minimum atomic E-state index is 0.584. The summed E-state index contributed by atoms with van der Waals surface area (Å²) in [4.78, 5) is 0. The lowest BCUT2D eigenvalue weighted by atomic mass is 9.83. The minimum Gasteiger partial charge on any atom is -0.381 e. The van der Waals surface area contributed by atoms with Crippen LogP contribution in [0.25, 0.3) is 0 Å². The van der Waals surface area contributed by atoms with Crippen molar-refractivity contribution in [3.8, 4) is 0 Å². The fraction of sp³-hybridized carbons (Fsp3) is 0.500. The van der Waals surface area contributed by atoms with Crippen molar-refractivity contribution in [2.45, 2.75) is 39.0 Å². The van der Waals surface area contributed by atoms with Gasteiger partial charge in [-0.3, -0.25) is 0 Å².